The summed E-state index contributed by atoms with van der Waals surface area (Å²) in [6.07, 6.45) is 0. The van der Waals surface area contributed by atoms with Gasteiger partial charge < -0.3 is 15.4 Å². The third kappa shape index (κ3) is 6.29. The zero-order valence-corrected chi connectivity index (χ0v) is 18.3. The molecular weight excluding hydrogens is 416 g/mol. The maximum atomic E-state index is 12.5. The van der Waals surface area contributed by atoms with Crippen LogP contribution in [-0.4, -0.2) is 44.4 Å². The highest BCUT2D eigenvalue weighted by Gasteiger charge is 2.13. The number of rotatable bonds is 9. The summed E-state index contributed by atoms with van der Waals surface area (Å²) in [5.41, 5.74) is 2.10. The molecule has 31 heavy (non-hydrogen) atoms. The van der Waals surface area contributed by atoms with Gasteiger partial charge in [-0.05, 0) is 66.2 Å². The van der Waals surface area contributed by atoms with Crippen molar-refractivity contribution >= 4 is 29.3 Å². The smallest absolute Gasteiger partial charge is 0.251 e. The van der Waals surface area contributed by atoms with Crippen molar-refractivity contribution in [1.82, 2.24) is 25.5 Å². The predicted octanol–water partition coefficient (Wildman–Crippen LogP) is 2.83. The Labute approximate surface area is 184 Å². The first-order chi connectivity index (χ1) is 15.0. The van der Waals surface area contributed by atoms with Crippen LogP contribution in [0.5, 0.6) is 5.75 Å². The van der Waals surface area contributed by atoms with Crippen molar-refractivity contribution in [2.45, 2.75) is 25.0 Å². The molecule has 0 aliphatic heterocycles. The zero-order valence-electron chi connectivity index (χ0n) is 17.5. The predicted molar refractivity (Wildman–Crippen MR) is 118 cm³/mol. The molecule has 0 saturated carbocycles. The number of nitrogens with zero attached hydrogens (tertiary/aromatic N) is 4. The van der Waals surface area contributed by atoms with Gasteiger partial charge in [-0.25, -0.2) is 4.68 Å². The largest absolute Gasteiger partial charge is 0.494 e. The van der Waals surface area contributed by atoms with Gasteiger partial charge in [-0.1, -0.05) is 23.9 Å². The molecule has 3 aromatic rings. The van der Waals surface area contributed by atoms with E-state index in [2.05, 4.69) is 26.2 Å². The number of amides is 2. The molecule has 1 atom stereocenters. The van der Waals surface area contributed by atoms with Crippen LogP contribution in [0.2, 0.25) is 0 Å². The number of anilines is 1. The first kappa shape index (κ1) is 22.3. The number of aromatic nitrogens is 4. The molecule has 10 heteroatoms. The minimum atomic E-state index is -0.190. The Kier molecular flexibility index (Phi) is 7.60. The highest BCUT2D eigenvalue weighted by atomic mass is 32.2. The monoisotopic (exact) mass is 440 g/mol. The van der Waals surface area contributed by atoms with Crippen LogP contribution < -0.4 is 15.4 Å². The van der Waals surface area contributed by atoms with Crippen molar-refractivity contribution in [3.05, 3.63) is 59.7 Å². The molecule has 162 valence electrons. The molecule has 1 heterocycles. The summed E-state index contributed by atoms with van der Waals surface area (Å²) < 4.78 is 6.94. The topological polar surface area (TPSA) is 111 Å². The van der Waals surface area contributed by atoms with Crippen LogP contribution in [0.25, 0.3) is 0 Å². The number of aryl methyl sites for hydroxylation is 1. The van der Waals surface area contributed by atoms with Crippen molar-refractivity contribution in [1.29, 1.82) is 0 Å². The van der Waals surface area contributed by atoms with Crippen molar-refractivity contribution in [2.24, 2.45) is 7.05 Å². The molecule has 0 aliphatic rings. The van der Waals surface area contributed by atoms with E-state index in [0.29, 0.717) is 23.0 Å². The maximum absolute atomic E-state index is 12.5. The van der Waals surface area contributed by atoms with Gasteiger partial charge in [0.05, 0.1) is 18.4 Å². The number of ether oxygens (including phenoxy) is 1. The van der Waals surface area contributed by atoms with Gasteiger partial charge in [-0.15, -0.1) is 5.10 Å². The number of hydrogen-bond donors (Lipinski definition) is 2. The van der Waals surface area contributed by atoms with Crippen molar-refractivity contribution in [3.63, 3.8) is 0 Å². The average molecular weight is 441 g/mol. The summed E-state index contributed by atoms with van der Waals surface area (Å²) in [6, 6.07) is 14.2. The quantitative estimate of drug-likeness (QED) is 0.492. The number of carbonyl (C=O) groups is 2. The van der Waals surface area contributed by atoms with E-state index < -0.39 is 0 Å². The van der Waals surface area contributed by atoms with Gasteiger partial charge >= 0.3 is 0 Å². The molecule has 9 nitrogen and oxygen atoms in total. The van der Waals surface area contributed by atoms with Crippen molar-refractivity contribution in [3.8, 4) is 5.75 Å². The SMILES string of the molecule is CCOc1ccc(C(C)NC(=O)c2ccc(NC(=O)CSc3nnnn3C)cc2)cc1. The molecular formula is C21H24N6O3S. The maximum Gasteiger partial charge on any atom is 0.251 e. The fraction of sp³-hybridized carbons (Fsp3) is 0.286. The summed E-state index contributed by atoms with van der Waals surface area (Å²) in [5, 5.41) is 17.4. The molecule has 2 aromatic carbocycles. The van der Waals surface area contributed by atoms with Crippen molar-refractivity contribution < 1.29 is 14.3 Å². The Morgan fingerprint density at radius 1 is 1.13 bits per heavy atom. The minimum Gasteiger partial charge on any atom is -0.494 e. The first-order valence-corrected chi connectivity index (χ1v) is 10.7. The van der Waals surface area contributed by atoms with E-state index in [-0.39, 0.29) is 23.6 Å². The number of carbonyl (C=O) groups excluding carboxylic acids is 2. The average Bonchev–Trinajstić information content (AvgIpc) is 3.18. The molecule has 0 bridgehead atoms. The molecule has 2 amide bonds. The number of benzene rings is 2. The molecule has 0 saturated heterocycles. The van der Waals surface area contributed by atoms with Gasteiger partial charge in [0.25, 0.3) is 5.91 Å². The van der Waals surface area contributed by atoms with Gasteiger partial charge in [0.2, 0.25) is 11.1 Å². The van der Waals surface area contributed by atoms with Crippen LogP contribution in [0.4, 0.5) is 5.69 Å². The summed E-state index contributed by atoms with van der Waals surface area (Å²) in [4.78, 5) is 24.7. The molecule has 0 radical (unpaired) electrons. The van der Waals surface area contributed by atoms with Crippen LogP contribution in [0, 0.1) is 0 Å². The lowest BCUT2D eigenvalue weighted by Gasteiger charge is -2.15. The van der Waals surface area contributed by atoms with Crippen LogP contribution in [0.15, 0.2) is 53.7 Å². The second kappa shape index (κ2) is 10.6. The number of hydrogen-bond acceptors (Lipinski definition) is 7. The number of tetrazole rings is 1. The standard InChI is InChI=1S/C21H24N6O3S/c1-4-30-18-11-7-15(8-12-18)14(2)22-20(29)16-5-9-17(10-6-16)23-19(28)13-31-21-24-25-26-27(21)3/h5-12,14H,4,13H2,1-3H3,(H,22,29)(H,23,28). The number of nitrogens with one attached hydrogen (secondary N) is 2. The van der Waals surface area contributed by atoms with E-state index in [1.807, 2.05) is 38.1 Å². The third-order valence-electron chi connectivity index (χ3n) is 4.38. The highest BCUT2D eigenvalue weighted by molar-refractivity contribution is 7.99. The Morgan fingerprint density at radius 3 is 2.45 bits per heavy atom. The molecule has 0 fully saturated rings. The Hall–Kier alpha value is -3.40. The van der Waals surface area contributed by atoms with E-state index in [1.54, 1.807) is 31.3 Å². The van der Waals surface area contributed by atoms with Gasteiger partial charge in [-0.3, -0.25) is 9.59 Å². The molecule has 0 spiro atoms. The van der Waals surface area contributed by atoms with Gasteiger partial charge in [0, 0.05) is 18.3 Å². The molecule has 1 aromatic heterocycles. The van der Waals surface area contributed by atoms with Crippen LogP contribution in [0.1, 0.15) is 35.8 Å². The van der Waals surface area contributed by atoms with Gasteiger partial charge in [-0.2, -0.15) is 0 Å². The summed E-state index contributed by atoms with van der Waals surface area (Å²) >= 11 is 1.24. The van der Waals surface area contributed by atoms with E-state index in [9.17, 15) is 9.59 Å². The van der Waals surface area contributed by atoms with Crippen molar-refractivity contribution in [2.75, 3.05) is 17.7 Å². The molecule has 3 rings (SSSR count). The Morgan fingerprint density at radius 2 is 1.84 bits per heavy atom. The molecule has 0 aliphatic carbocycles. The lowest BCUT2D eigenvalue weighted by molar-refractivity contribution is -0.113. The van der Waals surface area contributed by atoms with Crippen LogP contribution in [-0.2, 0) is 11.8 Å². The Bertz CT molecular complexity index is 1020. The van der Waals surface area contributed by atoms with E-state index >= 15 is 0 Å². The lowest BCUT2D eigenvalue weighted by atomic mass is 10.1. The van der Waals surface area contributed by atoms with E-state index in [0.717, 1.165) is 11.3 Å². The normalized spacial score (nSPS) is 11.6. The Balaban J connectivity index is 1.51. The third-order valence-corrected chi connectivity index (χ3v) is 5.39. The highest BCUT2D eigenvalue weighted by Crippen LogP contribution is 2.19. The molecule has 2 N–H and O–H groups in total. The minimum absolute atomic E-state index is 0.158. The van der Waals surface area contributed by atoms with E-state index in [4.69, 9.17) is 4.74 Å². The number of thioether (sulfide) groups is 1. The summed E-state index contributed by atoms with van der Waals surface area (Å²) in [5.74, 6) is 0.601. The van der Waals surface area contributed by atoms with Gasteiger partial charge in [0.15, 0.2) is 0 Å². The fourth-order valence-corrected chi connectivity index (χ4v) is 3.41. The first-order valence-electron chi connectivity index (χ1n) is 9.75. The van der Waals surface area contributed by atoms with Crippen LogP contribution >= 0.6 is 11.8 Å². The van der Waals surface area contributed by atoms with Gasteiger partial charge in [0.1, 0.15) is 5.75 Å². The zero-order chi connectivity index (χ0) is 22.2. The summed E-state index contributed by atoms with van der Waals surface area (Å²) in [7, 11) is 1.71. The molecule has 1 unspecified atom stereocenters. The fourth-order valence-electron chi connectivity index (χ4n) is 2.76. The summed E-state index contributed by atoms with van der Waals surface area (Å²) in [6.45, 7) is 4.47. The lowest BCUT2D eigenvalue weighted by Crippen LogP contribution is -2.26. The van der Waals surface area contributed by atoms with E-state index in [1.165, 1.54) is 16.4 Å². The second-order valence-corrected chi connectivity index (χ2v) is 7.64. The second-order valence-electron chi connectivity index (χ2n) is 6.70. The van der Waals surface area contributed by atoms with Crippen LogP contribution in [0.3, 0.4) is 0 Å².